The third kappa shape index (κ3) is 4.82. The lowest BCUT2D eigenvalue weighted by Crippen LogP contribution is -2.19. The van der Waals surface area contributed by atoms with E-state index in [1.54, 1.807) is 13.2 Å². The molecule has 0 spiro atoms. The van der Waals surface area contributed by atoms with Crippen LogP contribution in [0.2, 0.25) is 0 Å². The molecule has 2 N–H and O–H groups in total. The number of ether oxygens (including phenoxy) is 1. The van der Waals surface area contributed by atoms with Gasteiger partial charge in [0, 0.05) is 17.8 Å². The van der Waals surface area contributed by atoms with Gasteiger partial charge in [-0.05, 0) is 30.5 Å². The number of thioether (sulfide) groups is 1. The molecule has 144 valence electrons. The van der Waals surface area contributed by atoms with E-state index in [9.17, 15) is 4.79 Å². The molecule has 1 heterocycles. The van der Waals surface area contributed by atoms with Gasteiger partial charge in [0.1, 0.15) is 11.0 Å². The first-order valence-electron chi connectivity index (χ1n) is 8.98. The van der Waals surface area contributed by atoms with E-state index >= 15 is 0 Å². The number of carbonyl (C=O) groups is 1. The number of hydrogen-bond donors (Lipinski definition) is 2. The fraction of sp³-hybridized carbons (Fsp3) is 0.250. The summed E-state index contributed by atoms with van der Waals surface area (Å²) in [6.45, 7) is 0. The fourth-order valence-electron chi connectivity index (χ4n) is 2.63. The van der Waals surface area contributed by atoms with E-state index in [4.69, 9.17) is 4.74 Å². The van der Waals surface area contributed by atoms with Crippen molar-refractivity contribution in [2.45, 2.75) is 28.5 Å². The highest BCUT2D eigenvalue weighted by atomic mass is 32.2. The van der Waals surface area contributed by atoms with Crippen LogP contribution in [0.5, 0.6) is 5.75 Å². The second-order valence-electron chi connectivity index (χ2n) is 6.42. The topological polar surface area (TPSA) is 76.1 Å². The molecule has 0 radical (unpaired) electrons. The molecule has 2 aromatic carbocycles. The summed E-state index contributed by atoms with van der Waals surface area (Å²) < 4.78 is 6.00. The number of hydrogen-bond acceptors (Lipinski definition) is 7. The van der Waals surface area contributed by atoms with Crippen LogP contribution in [0.15, 0.2) is 58.9 Å². The zero-order valence-electron chi connectivity index (χ0n) is 15.3. The number of nitrogens with one attached hydrogen (secondary N) is 2. The molecule has 1 amide bonds. The molecule has 1 aliphatic carbocycles. The van der Waals surface area contributed by atoms with Gasteiger partial charge in [-0.1, -0.05) is 59.5 Å². The van der Waals surface area contributed by atoms with Crippen molar-refractivity contribution in [1.82, 2.24) is 10.2 Å². The average Bonchev–Trinajstić information content (AvgIpc) is 3.43. The predicted molar refractivity (Wildman–Crippen MR) is 113 cm³/mol. The minimum atomic E-state index is -0.436. The number of amides is 1. The number of carbonyl (C=O) groups excluding carboxylic acids is 1. The van der Waals surface area contributed by atoms with Gasteiger partial charge in [0.15, 0.2) is 4.34 Å². The normalized spacial score (nSPS) is 14.3. The summed E-state index contributed by atoms with van der Waals surface area (Å²) in [5, 5.41) is 15.2. The fourth-order valence-corrected chi connectivity index (χ4v) is 4.65. The highest BCUT2D eigenvalue weighted by Crippen LogP contribution is 2.39. The van der Waals surface area contributed by atoms with Gasteiger partial charge >= 0.3 is 0 Å². The quantitative estimate of drug-likeness (QED) is 0.527. The molecule has 8 heteroatoms. The lowest BCUT2D eigenvalue weighted by Gasteiger charge is -2.16. The van der Waals surface area contributed by atoms with Crippen LogP contribution in [0.1, 0.15) is 23.7 Å². The zero-order valence-corrected chi connectivity index (χ0v) is 16.9. The van der Waals surface area contributed by atoms with Crippen molar-refractivity contribution in [2.24, 2.45) is 0 Å². The lowest BCUT2D eigenvalue weighted by atomic mass is 10.1. The van der Waals surface area contributed by atoms with Crippen LogP contribution in [0, 0.1) is 0 Å². The highest BCUT2D eigenvalue weighted by molar-refractivity contribution is 8.02. The van der Waals surface area contributed by atoms with Crippen LogP contribution in [-0.4, -0.2) is 29.3 Å². The smallest absolute Gasteiger partial charge is 0.242 e. The van der Waals surface area contributed by atoms with E-state index < -0.39 is 5.25 Å². The Balaban J connectivity index is 1.52. The summed E-state index contributed by atoms with van der Waals surface area (Å²) in [5.74, 6) is 0.581. The van der Waals surface area contributed by atoms with Gasteiger partial charge in [0.2, 0.25) is 11.0 Å². The Morgan fingerprint density at radius 3 is 2.75 bits per heavy atom. The summed E-state index contributed by atoms with van der Waals surface area (Å²) in [7, 11) is 1.60. The molecule has 1 fully saturated rings. The molecule has 0 bridgehead atoms. The van der Waals surface area contributed by atoms with Crippen molar-refractivity contribution in [3.63, 3.8) is 0 Å². The second-order valence-corrected chi connectivity index (χ2v) is 8.75. The maximum atomic E-state index is 13.1. The van der Waals surface area contributed by atoms with E-state index in [0.29, 0.717) is 17.5 Å². The third-order valence-corrected chi connectivity index (χ3v) is 6.40. The Bertz CT molecular complexity index is 944. The van der Waals surface area contributed by atoms with E-state index in [2.05, 4.69) is 20.8 Å². The maximum absolute atomic E-state index is 13.1. The van der Waals surface area contributed by atoms with Gasteiger partial charge in [-0.25, -0.2) is 0 Å². The Morgan fingerprint density at radius 2 is 2.00 bits per heavy atom. The average molecular weight is 413 g/mol. The molecule has 4 rings (SSSR count). The number of nitrogens with zero attached hydrogens (tertiary/aromatic N) is 2. The first kappa shape index (κ1) is 18.8. The van der Waals surface area contributed by atoms with E-state index in [0.717, 1.165) is 15.0 Å². The summed E-state index contributed by atoms with van der Waals surface area (Å²) >= 11 is 2.89. The molecule has 0 aliphatic heterocycles. The van der Waals surface area contributed by atoms with E-state index in [1.807, 2.05) is 48.5 Å². The van der Waals surface area contributed by atoms with Crippen molar-refractivity contribution in [2.75, 3.05) is 17.7 Å². The molecule has 28 heavy (non-hydrogen) atoms. The standard InChI is InChI=1S/C20H20N4O2S2/c1-26-16-9-5-8-15(12-16)21-18(25)17(13-6-3-2-4-7-13)27-20-24-23-19(28-20)22-14-10-11-14/h2-9,12,14,17H,10-11H2,1H3,(H,21,25)(H,22,23)/t17-/m1/s1. The van der Waals surface area contributed by atoms with Crippen molar-refractivity contribution < 1.29 is 9.53 Å². The monoisotopic (exact) mass is 412 g/mol. The van der Waals surface area contributed by atoms with Crippen LogP contribution < -0.4 is 15.4 Å². The molecular formula is C20H20N4O2S2. The Hall–Kier alpha value is -2.58. The van der Waals surface area contributed by atoms with Crippen molar-refractivity contribution in [1.29, 1.82) is 0 Å². The maximum Gasteiger partial charge on any atom is 0.242 e. The Labute approximate surface area is 171 Å². The number of anilines is 2. The highest BCUT2D eigenvalue weighted by Gasteiger charge is 2.26. The lowest BCUT2D eigenvalue weighted by molar-refractivity contribution is -0.115. The van der Waals surface area contributed by atoms with E-state index in [1.165, 1.54) is 35.9 Å². The summed E-state index contributed by atoms with van der Waals surface area (Å²) in [6, 6.07) is 17.6. The van der Waals surface area contributed by atoms with Crippen molar-refractivity contribution >= 4 is 39.8 Å². The molecule has 6 nitrogen and oxygen atoms in total. The number of rotatable bonds is 8. The van der Waals surface area contributed by atoms with Crippen LogP contribution >= 0.6 is 23.1 Å². The van der Waals surface area contributed by atoms with Crippen LogP contribution in [0.3, 0.4) is 0 Å². The summed E-state index contributed by atoms with van der Waals surface area (Å²) in [6.07, 6.45) is 2.36. The van der Waals surface area contributed by atoms with Gasteiger partial charge in [-0.2, -0.15) is 0 Å². The minimum Gasteiger partial charge on any atom is -0.497 e. The summed E-state index contributed by atoms with van der Waals surface area (Å²) in [4.78, 5) is 13.1. The molecule has 0 unspecified atom stereocenters. The van der Waals surface area contributed by atoms with Gasteiger partial charge in [0.05, 0.1) is 7.11 Å². The van der Waals surface area contributed by atoms with Crippen LogP contribution in [0.25, 0.3) is 0 Å². The largest absolute Gasteiger partial charge is 0.497 e. The van der Waals surface area contributed by atoms with Gasteiger partial charge in [0.25, 0.3) is 0 Å². The number of methoxy groups -OCH3 is 1. The number of benzene rings is 2. The molecule has 1 atom stereocenters. The molecule has 0 saturated heterocycles. The first-order valence-corrected chi connectivity index (χ1v) is 10.7. The molecular weight excluding hydrogens is 392 g/mol. The second kappa shape index (κ2) is 8.62. The summed E-state index contributed by atoms with van der Waals surface area (Å²) in [5.41, 5.74) is 1.61. The van der Waals surface area contributed by atoms with Gasteiger partial charge < -0.3 is 15.4 Å². The molecule has 1 aromatic heterocycles. The Kier molecular flexibility index (Phi) is 5.78. The molecule has 1 aliphatic rings. The van der Waals surface area contributed by atoms with Gasteiger partial charge in [-0.15, -0.1) is 10.2 Å². The molecule has 3 aromatic rings. The van der Waals surface area contributed by atoms with Crippen molar-refractivity contribution in [3.8, 4) is 5.75 Å². The number of aromatic nitrogens is 2. The minimum absolute atomic E-state index is 0.114. The predicted octanol–water partition coefficient (Wildman–Crippen LogP) is 4.59. The van der Waals surface area contributed by atoms with Gasteiger partial charge in [-0.3, -0.25) is 4.79 Å². The Morgan fingerprint density at radius 1 is 1.18 bits per heavy atom. The van der Waals surface area contributed by atoms with E-state index in [-0.39, 0.29) is 5.91 Å². The van der Waals surface area contributed by atoms with Crippen LogP contribution in [0.4, 0.5) is 10.8 Å². The first-order chi connectivity index (χ1) is 13.7. The van der Waals surface area contributed by atoms with Crippen LogP contribution in [-0.2, 0) is 4.79 Å². The zero-order chi connectivity index (χ0) is 19.3. The SMILES string of the molecule is COc1cccc(NC(=O)[C@H](Sc2nnc(NC3CC3)s2)c2ccccc2)c1. The van der Waals surface area contributed by atoms with Crippen molar-refractivity contribution in [3.05, 3.63) is 60.2 Å². The third-order valence-electron chi connectivity index (χ3n) is 4.21. The molecule has 1 saturated carbocycles.